The lowest BCUT2D eigenvalue weighted by atomic mass is 9.79. The summed E-state index contributed by atoms with van der Waals surface area (Å²) < 4.78 is 0. The minimum absolute atomic E-state index is 0.245. The van der Waals surface area contributed by atoms with E-state index in [1.165, 1.54) is 19.1 Å². The third-order valence-corrected chi connectivity index (χ3v) is 4.66. The lowest BCUT2D eigenvalue weighted by Crippen LogP contribution is -2.33. The van der Waals surface area contributed by atoms with Crippen LogP contribution in [0.25, 0.3) is 0 Å². The van der Waals surface area contributed by atoms with Crippen LogP contribution in [0.3, 0.4) is 0 Å². The zero-order chi connectivity index (χ0) is 17.3. The smallest absolute Gasteiger partial charge is 0.185 e. The summed E-state index contributed by atoms with van der Waals surface area (Å²) in [4.78, 5) is 37.3. The van der Waals surface area contributed by atoms with Gasteiger partial charge in [-0.2, -0.15) is 0 Å². The molecule has 0 amide bonds. The van der Waals surface area contributed by atoms with Gasteiger partial charge in [0.05, 0.1) is 0 Å². The summed E-state index contributed by atoms with van der Waals surface area (Å²) in [7, 11) is 0. The molecule has 0 spiro atoms. The summed E-state index contributed by atoms with van der Waals surface area (Å²) >= 11 is 5.81. The van der Waals surface area contributed by atoms with Crippen molar-refractivity contribution in [2.75, 3.05) is 0 Å². The zero-order valence-corrected chi connectivity index (χ0v) is 13.8. The molecule has 0 heterocycles. The number of ketones is 3. The van der Waals surface area contributed by atoms with Gasteiger partial charge >= 0.3 is 0 Å². The highest BCUT2D eigenvalue weighted by Crippen LogP contribution is 2.39. The molecule has 0 N–H and O–H groups in total. The van der Waals surface area contributed by atoms with Gasteiger partial charge < -0.3 is 0 Å². The highest BCUT2D eigenvalue weighted by atomic mass is 35.5. The molecule has 0 bridgehead atoms. The molecule has 24 heavy (non-hydrogen) atoms. The number of hydrogen-bond acceptors (Lipinski definition) is 3. The Morgan fingerprint density at radius 3 is 2.38 bits per heavy atom. The molecule has 3 nitrogen and oxygen atoms in total. The van der Waals surface area contributed by atoms with E-state index in [1.807, 2.05) is 12.1 Å². The molecule has 120 valence electrons. The van der Waals surface area contributed by atoms with Crippen LogP contribution in [0.2, 0.25) is 5.02 Å². The molecule has 2 aromatic carbocycles. The van der Waals surface area contributed by atoms with Gasteiger partial charge in [0.15, 0.2) is 11.6 Å². The fraction of sp³-hybridized carbons (Fsp3) is 0.150. The number of rotatable bonds is 4. The van der Waals surface area contributed by atoms with E-state index in [-0.39, 0.29) is 17.3 Å². The fourth-order valence-electron chi connectivity index (χ4n) is 2.98. The van der Waals surface area contributed by atoms with E-state index in [0.717, 1.165) is 5.56 Å². The molecule has 1 aliphatic rings. The highest BCUT2D eigenvalue weighted by molar-refractivity contribution is 6.30. The first-order valence-electron chi connectivity index (χ1n) is 7.57. The van der Waals surface area contributed by atoms with E-state index >= 15 is 0 Å². The number of hydrogen-bond donors (Lipinski definition) is 0. The average molecular weight is 339 g/mol. The van der Waals surface area contributed by atoms with Gasteiger partial charge in [-0.1, -0.05) is 41.9 Å². The number of Topliss-reactive ketones (excluding diaryl/α,β-unsaturated/α-hetero) is 2. The van der Waals surface area contributed by atoms with Crippen molar-refractivity contribution in [2.24, 2.45) is 5.41 Å². The second kappa shape index (κ2) is 6.17. The van der Waals surface area contributed by atoms with E-state index in [4.69, 9.17) is 11.6 Å². The fourth-order valence-corrected chi connectivity index (χ4v) is 3.11. The Morgan fingerprint density at radius 2 is 1.75 bits per heavy atom. The number of halogens is 1. The van der Waals surface area contributed by atoms with Crippen molar-refractivity contribution in [2.45, 2.75) is 13.3 Å². The molecule has 1 atom stereocenters. The molecule has 0 saturated carbocycles. The molecule has 0 fully saturated rings. The van der Waals surface area contributed by atoms with Crippen LogP contribution in [0.5, 0.6) is 0 Å². The number of carbonyl (C=O) groups is 3. The first kappa shape index (κ1) is 16.3. The van der Waals surface area contributed by atoms with E-state index < -0.39 is 5.41 Å². The Morgan fingerprint density at radius 1 is 1.08 bits per heavy atom. The quantitative estimate of drug-likeness (QED) is 0.479. The maximum atomic E-state index is 12.8. The largest absolute Gasteiger partial charge is 0.299 e. The van der Waals surface area contributed by atoms with E-state index in [1.54, 1.807) is 36.4 Å². The lowest BCUT2D eigenvalue weighted by Gasteiger charge is -2.19. The van der Waals surface area contributed by atoms with Crippen LogP contribution < -0.4 is 0 Å². The Kier molecular flexibility index (Phi) is 4.20. The first-order chi connectivity index (χ1) is 11.4. The van der Waals surface area contributed by atoms with Crippen LogP contribution in [0.1, 0.15) is 33.2 Å². The predicted molar refractivity (Wildman–Crippen MR) is 92.5 cm³/mol. The van der Waals surface area contributed by atoms with Crippen LogP contribution in [0.15, 0.2) is 60.7 Å². The van der Waals surface area contributed by atoms with Crippen LogP contribution >= 0.6 is 11.6 Å². The van der Waals surface area contributed by atoms with Crippen molar-refractivity contribution >= 4 is 29.0 Å². The van der Waals surface area contributed by atoms with Gasteiger partial charge in [0.25, 0.3) is 0 Å². The topological polar surface area (TPSA) is 51.2 Å². The third kappa shape index (κ3) is 2.72. The Bertz CT molecular complexity index is 865. The van der Waals surface area contributed by atoms with Crippen molar-refractivity contribution in [1.82, 2.24) is 0 Å². The summed E-state index contributed by atoms with van der Waals surface area (Å²) in [5, 5.41) is 0.539. The van der Waals surface area contributed by atoms with E-state index in [2.05, 4.69) is 0 Å². The van der Waals surface area contributed by atoms with Gasteiger partial charge in [0, 0.05) is 16.1 Å². The highest BCUT2D eigenvalue weighted by Gasteiger charge is 2.47. The van der Waals surface area contributed by atoms with Crippen molar-refractivity contribution in [3.8, 4) is 0 Å². The van der Waals surface area contributed by atoms with Crippen molar-refractivity contribution in [1.29, 1.82) is 0 Å². The molecule has 4 heteroatoms. The van der Waals surface area contributed by atoms with E-state index in [0.29, 0.717) is 22.6 Å². The lowest BCUT2D eigenvalue weighted by molar-refractivity contribution is -0.121. The number of benzene rings is 2. The summed E-state index contributed by atoms with van der Waals surface area (Å²) in [6.45, 7) is 1.39. The molecular weight excluding hydrogens is 324 g/mol. The van der Waals surface area contributed by atoms with Crippen LogP contribution in [-0.4, -0.2) is 17.3 Å². The molecule has 0 unspecified atom stereocenters. The molecule has 1 aliphatic carbocycles. The molecular formula is C20H15ClO3. The van der Waals surface area contributed by atoms with Crippen molar-refractivity contribution < 1.29 is 14.4 Å². The van der Waals surface area contributed by atoms with Gasteiger partial charge in [-0.15, -0.1) is 0 Å². The van der Waals surface area contributed by atoms with Crippen molar-refractivity contribution in [3.63, 3.8) is 0 Å². The molecule has 3 rings (SSSR count). The third-order valence-electron chi connectivity index (χ3n) is 4.41. The Hall–Kier alpha value is -2.52. The minimum Gasteiger partial charge on any atom is -0.299 e. The van der Waals surface area contributed by atoms with Crippen LogP contribution in [0, 0.1) is 5.41 Å². The molecule has 0 aromatic heterocycles. The maximum absolute atomic E-state index is 12.8. The first-order valence-corrected chi connectivity index (χ1v) is 7.95. The average Bonchev–Trinajstić information content (AvgIpc) is 2.87. The van der Waals surface area contributed by atoms with Crippen molar-refractivity contribution in [3.05, 3.63) is 82.4 Å². The summed E-state index contributed by atoms with van der Waals surface area (Å²) in [5.41, 5.74) is 0.557. The number of carbonyl (C=O) groups excluding carboxylic acids is 3. The number of fused-ring (bicyclic) bond motifs is 1. The predicted octanol–water partition coefficient (Wildman–Crippen LogP) is 4.09. The van der Waals surface area contributed by atoms with Gasteiger partial charge in [0.2, 0.25) is 0 Å². The standard InChI is InChI=1S/C20H15ClO3/c1-13(22)20(12-15-4-2-3-5-17(15)19(20)24)11-10-18(23)14-6-8-16(21)9-7-14/h2-11H,12H2,1H3/b11-10-/t20-/m1/s1. The van der Waals surface area contributed by atoms with Crippen LogP contribution in [0.4, 0.5) is 0 Å². The molecule has 0 aliphatic heterocycles. The normalized spacial score (nSPS) is 19.5. The summed E-state index contributed by atoms with van der Waals surface area (Å²) in [5.74, 6) is -0.773. The van der Waals surface area contributed by atoms with Gasteiger partial charge in [-0.3, -0.25) is 14.4 Å². The zero-order valence-electron chi connectivity index (χ0n) is 13.1. The minimum atomic E-state index is -1.29. The Balaban J connectivity index is 1.94. The SMILES string of the molecule is CC(=O)[C@@]1(/C=C\C(=O)c2ccc(Cl)cc2)Cc2ccccc2C1=O. The summed E-state index contributed by atoms with van der Waals surface area (Å²) in [6.07, 6.45) is 3.06. The second-order valence-corrected chi connectivity index (χ2v) is 6.33. The van der Waals surface area contributed by atoms with Crippen LogP contribution in [-0.2, 0) is 11.2 Å². The molecule has 0 saturated heterocycles. The second-order valence-electron chi connectivity index (χ2n) is 5.90. The van der Waals surface area contributed by atoms with E-state index in [9.17, 15) is 14.4 Å². The number of allylic oxidation sites excluding steroid dienone is 2. The maximum Gasteiger partial charge on any atom is 0.185 e. The molecule has 0 radical (unpaired) electrons. The van der Waals surface area contributed by atoms with Gasteiger partial charge in [-0.25, -0.2) is 0 Å². The monoisotopic (exact) mass is 338 g/mol. The Labute approximate surface area is 145 Å². The van der Waals surface area contributed by atoms with Gasteiger partial charge in [0.1, 0.15) is 11.2 Å². The van der Waals surface area contributed by atoms with Gasteiger partial charge in [-0.05, 0) is 49.2 Å². The molecule has 2 aromatic rings. The summed E-state index contributed by atoms with van der Waals surface area (Å²) in [6, 6.07) is 13.6.